The number of aromatic carboxylic acids is 1. The summed E-state index contributed by atoms with van der Waals surface area (Å²) in [4.78, 5) is 10.6. The van der Waals surface area contributed by atoms with Gasteiger partial charge in [-0.25, -0.2) is 17.6 Å². The second kappa shape index (κ2) is 4.39. The molecule has 1 aromatic rings. The maximum Gasteiger partial charge on any atom is 0.338 e. The molecular weight excluding hydrogens is 259 g/mol. The Hall–Kier alpha value is -1.14. The molecule has 0 fully saturated rings. The minimum Gasteiger partial charge on any atom is -0.478 e. The van der Waals surface area contributed by atoms with Crippen LogP contribution in [-0.2, 0) is 14.8 Å². The van der Waals surface area contributed by atoms with E-state index in [1.165, 1.54) is 6.92 Å². The van der Waals surface area contributed by atoms with E-state index < -0.39 is 32.2 Å². The average Bonchev–Trinajstić information content (AvgIpc) is 2.07. The summed E-state index contributed by atoms with van der Waals surface area (Å²) < 4.78 is 34.8. The van der Waals surface area contributed by atoms with Crippen molar-refractivity contribution in [3.63, 3.8) is 0 Å². The third-order valence-electron chi connectivity index (χ3n) is 1.98. The maximum absolute atomic E-state index is 13.2. The molecule has 0 aliphatic rings. The lowest BCUT2D eigenvalue weighted by molar-refractivity contribution is 0.0691. The van der Waals surface area contributed by atoms with Gasteiger partial charge in [-0.2, -0.15) is 0 Å². The first-order valence-electron chi connectivity index (χ1n) is 4.15. The molecule has 4 nitrogen and oxygen atoms in total. The molecule has 0 heterocycles. The predicted molar refractivity (Wildman–Crippen MR) is 56.6 cm³/mol. The van der Waals surface area contributed by atoms with Crippen LogP contribution in [0.3, 0.4) is 0 Å². The molecule has 0 spiro atoms. The smallest absolute Gasteiger partial charge is 0.338 e. The lowest BCUT2D eigenvalue weighted by atomic mass is 10.1. The fourth-order valence-electron chi connectivity index (χ4n) is 1.22. The molecule has 0 aromatic heterocycles. The van der Waals surface area contributed by atoms with Crippen LogP contribution in [0.5, 0.6) is 0 Å². The Balaban J connectivity index is 3.31. The first-order chi connectivity index (χ1) is 7.20. The van der Waals surface area contributed by atoms with Crippen molar-refractivity contribution in [2.75, 3.05) is 0 Å². The van der Waals surface area contributed by atoms with Crippen molar-refractivity contribution in [3.8, 4) is 0 Å². The van der Waals surface area contributed by atoms with E-state index in [2.05, 4.69) is 0 Å². The molecule has 0 atom stereocenters. The Morgan fingerprint density at radius 1 is 1.50 bits per heavy atom. The van der Waals surface area contributed by atoms with E-state index in [-0.39, 0.29) is 5.56 Å². The molecule has 1 N–H and O–H groups in total. The van der Waals surface area contributed by atoms with Crippen molar-refractivity contribution >= 4 is 25.7 Å². The van der Waals surface area contributed by atoms with Crippen LogP contribution >= 0.6 is 10.7 Å². The number of aryl methyl sites for hydroxylation is 1. The highest BCUT2D eigenvalue weighted by Gasteiger charge is 2.16. The van der Waals surface area contributed by atoms with Crippen molar-refractivity contribution in [2.24, 2.45) is 0 Å². The van der Waals surface area contributed by atoms with E-state index in [1.807, 2.05) is 0 Å². The zero-order valence-electron chi connectivity index (χ0n) is 8.20. The summed E-state index contributed by atoms with van der Waals surface area (Å²) in [6.45, 7) is 1.48. The van der Waals surface area contributed by atoms with Gasteiger partial charge >= 0.3 is 5.97 Å². The predicted octanol–water partition coefficient (Wildman–Crippen LogP) is 1.90. The Labute approximate surface area is 96.1 Å². The Kier molecular flexibility index (Phi) is 3.54. The minimum absolute atomic E-state index is 0.175. The minimum atomic E-state index is -3.80. The van der Waals surface area contributed by atoms with Crippen molar-refractivity contribution in [1.82, 2.24) is 0 Å². The summed E-state index contributed by atoms with van der Waals surface area (Å²) in [6, 6.07) is 1.95. The van der Waals surface area contributed by atoms with Crippen molar-refractivity contribution < 1.29 is 22.7 Å². The monoisotopic (exact) mass is 266 g/mol. The summed E-state index contributed by atoms with van der Waals surface area (Å²) in [6.07, 6.45) is 0. The highest BCUT2D eigenvalue weighted by molar-refractivity contribution is 8.13. The van der Waals surface area contributed by atoms with Crippen LogP contribution in [0.1, 0.15) is 21.5 Å². The fourth-order valence-corrected chi connectivity index (χ4v) is 2.26. The standard InChI is InChI=1S/C9H8ClFO4S/c1-5-2-8(11)7(9(12)13)3-6(5)4-16(10,14)15/h2-3H,4H2,1H3,(H,12,13). The molecule has 0 aliphatic carbocycles. The zero-order valence-corrected chi connectivity index (χ0v) is 9.77. The van der Waals surface area contributed by atoms with Gasteiger partial charge in [-0.15, -0.1) is 0 Å². The zero-order chi connectivity index (χ0) is 12.5. The largest absolute Gasteiger partial charge is 0.478 e. The van der Waals surface area contributed by atoms with Crippen LogP contribution in [-0.4, -0.2) is 19.5 Å². The highest BCUT2D eigenvalue weighted by Crippen LogP contribution is 2.19. The van der Waals surface area contributed by atoms with Crippen molar-refractivity contribution in [1.29, 1.82) is 0 Å². The maximum atomic E-state index is 13.2. The van der Waals surface area contributed by atoms with Gasteiger partial charge in [0.15, 0.2) is 0 Å². The van der Waals surface area contributed by atoms with Gasteiger partial charge in [-0.05, 0) is 30.2 Å². The number of carboxylic acids is 1. The molecule has 0 bridgehead atoms. The Morgan fingerprint density at radius 3 is 2.50 bits per heavy atom. The molecule has 0 saturated carbocycles. The van der Waals surface area contributed by atoms with Crippen LogP contribution in [0.15, 0.2) is 12.1 Å². The third-order valence-corrected chi connectivity index (χ3v) is 2.97. The number of carbonyl (C=O) groups is 1. The van der Waals surface area contributed by atoms with Gasteiger partial charge in [0.2, 0.25) is 9.05 Å². The van der Waals surface area contributed by atoms with Crippen molar-refractivity contribution in [2.45, 2.75) is 12.7 Å². The number of rotatable bonds is 3. The van der Waals surface area contributed by atoms with Gasteiger partial charge in [0, 0.05) is 10.7 Å². The van der Waals surface area contributed by atoms with Crippen LogP contribution in [0.2, 0.25) is 0 Å². The average molecular weight is 267 g/mol. The van der Waals surface area contributed by atoms with Gasteiger partial charge in [-0.3, -0.25) is 0 Å². The second-order valence-electron chi connectivity index (χ2n) is 3.25. The molecule has 1 aromatic carbocycles. The first-order valence-corrected chi connectivity index (χ1v) is 6.63. The molecule has 1 rings (SSSR count). The summed E-state index contributed by atoms with van der Waals surface area (Å²) in [5.41, 5.74) is -0.0542. The number of hydrogen-bond acceptors (Lipinski definition) is 3. The molecule has 0 unspecified atom stereocenters. The first kappa shape index (κ1) is 12.9. The molecule has 16 heavy (non-hydrogen) atoms. The molecule has 0 saturated heterocycles. The molecule has 0 amide bonds. The summed E-state index contributed by atoms with van der Waals surface area (Å²) in [5.74, 6) is -2.88. The van der Waals surface area contributed by atoms with Crippen molar-refractivity contribution in [3.05, 3.63) is 34.6 Å². The number of hydrogen-bond donors (Lipinski definition) is 1. The number of benzene rings is 1. The van der Waals surface area contributed by atoms with E-state index >= 15 is 0 Å². The lowest BCUT2D eigenvalue weighted by Crippen LogP contribution is -2.05. The van der Waals surface area contributed by atoms with E-state index in [1.54, 1.807) is 0 Å². The van der Waals surface area contributed by atoms with Gasteiger partial charge in [0.25, 0.3) is 0 Å². The molecule has 0 radical (unpaired) electrons. The normalized spacial score (nSPS) is 11.4. The molecule has 0 aliphatic heterocycles. The third kappa shape index (κ3) is 3.18. The molecule has 7 heteroatoms. The van der Waals surface area contributed by atoms with Gasteiger partial charge in [-0.1, -0.05) is 0 Å². The summed E-state index contributed by atoms with van der Waals surface area (Å²) >= 11 is 0. The second-order valence-corrected chi connectivity index (χ2v) is 6.02. The molecular formula is C9H8ClFO4S. The summed E-state index contributed by atoms with van der Waals surface area (Å²) in [5, 5.41) is 8.66. The summed E-state index contributed by atoms with van der Waals surface area (Å²) in [7, 11) is 1.24. The van der Waals surface area contributed by atoms with Gasteiger partial charge in [0.05, 0.1) is 11.3 Å². The topological polar surface area (TPSA) is 71.4 Å². The van der Waals surface area contributed by atoms with E-state index in [0.717, 1.165) is 12.1 Å². The van der Waals surface area contributed by atoms with E-state index in [9.17, 15) is 17.6 Å². The van der Waals surface area contributed by atoms with Gasteiger partial charge < -0.3 is 5.11 Å². The van der Waals surface area contributed by atoms with Crippen LogP contribution in [0.25, 0.3) is 0 Å². The lowest BCUT2D eigenvalue weighted by Gasteiger charge is -2.06. The number of halogens is 2. The number of carboxylic acid groups (broad SMARTS) is 1. The van der Waals surface area contributed by atoms with Crippen LogP contribution < -0.4 is 0 Å². The van der Waals surface area contributed by atoms with E-state index in [4.69, 9.17) is 15.8 Å². The highest BCUT2D eigenvalue weighted by atomic mass is 35.7. The van der Waals surface area contributed by atoms with Crippen LogP contribution in [0.4, 0.5) is 4.39 Å². The fraction of sp³-hybridized carbons (Fsp3) is 0.222. The quantitative estimate of drug-likeness (QED) is 0.848. The van der Waals surface area contributed by atoms with E-state index in [0.29, 0.717) is 5.56 Å². The molecule has 88 valence electrons. The van der Waals surface area contributed by atoms with Crippen LogP contribution in [0, 0.1) is 12.7 Å². The SMILES string of the molecule is Cc1cc(F)c(C(=O)O)cc1CS(=O)(=O)Cl. The Morgan fingerprint density at radius 2 is 2.06 bits per heavy atom. The Bertz CT molecular complexity index is 539. The van der Waals surface area contributed by atoms with Gasteiger partial charge in [0.1, 0.15) is 5.82 Å².